The Morgan fingerprint density at radius 3 is 2.70 bits per heavy atom. The number of carbonyl (C=O) groups is 1. The van der Waals surface area contributed by atoms with Crippen LogP contribution >= 0.6 is 0 Å². The molecule has 1 amide bonds. The second kappa shape index (κ2) is 7.75. The van der Waals surface area contributed by atoms with Gasteiger partial charge in [-0.2, -0.15) is 0 Å². The molecule has 8 heteroatoms. The van der Waals surface area contributed by atoms with Gasteiger partial charge in [0.1, 0.15) is 0 Å². The number of anilines is 1. The number of aliphatic hydroxyl groups is 2. The molecule has 4 rings (SSSR count). The van der Waals surface area contributed by atoms with E-state index in [1.807, 2.05) is 6.07 Å². The predicted molar refractivity (Wildman–Crippen MR) is 99.5 cm³/mol. The van der Waals surface area contributed by atoms with Gasteiger partial charge < -0.3 is 25.6 Å². The molecule has 0 radical (unpaired) electrons. The molecule has 1 saturated heterocycles. The Labute approximate surface area is 157 Å². The third-order valence-corrected chi connectivity index (χ3v) is 5.25. The Hall–Kier alpha value is -2.29. The summed E-state index contributed by atoms with van der Waals surface area (Å²) in [5.41, 5.74) is 1.01. The van der Waals surface area contributed by atoms with Crippen molar-refractivity contribution >= 4 is 22.8 Å². The van der Waals surface area contributed by atoms with Crippen LogP contribution in [-0.4, -0.2) is 63.6 Å². The monoisotopic (exact) mass is 372 g/mol. The smallest absolute Gasteiger partial charge is 0.253 e. The summed E-state index contributed by atoms with van der Waals surface area (Å²) in [6, 6.07) is 5.17. The summed E-state index contributed by atoms with van der Waals surface area (Å²) >= 11 is 0. The van der Waals surface area contributed by atoms with E-state index in [9.17, 15) is 15.0 Å². The molecule has 27 heavy (non-hydrogen) atoms. The van der Waals surface area contributed by atoms with Crippen LogP contribution in [0.2, 0.25) is 0 Å². The lowest BCUT2D eigenvalue weighted by Crippen LogP contribution is -2.42. The molecule has 4 N–H and O–H groups in total. The molecule has 1 aliphatic carbocycles. The Kier molecular flexibility index (Phi) is 5.20. The Morgan fingerprint density at radius 1 is 1.15 bits per heavy atom. The number of amides is 1. The fraction of sp³-hybridized carbons (Fsp3) is 0.526. The fourth-order valence-electron chi connectivity index (χ4n) is 3.64. The second-order valence-electron chi connectivity index (χ2n) is 7.27. The first-order valence-electron chi connectivity index (χ1n) is 9.37. The van der Waals surface area contributed by atoms with Crippen molar-refractivity contribution in [1.29, 1.82) is 0 Å². The molecule has 0 bridgehead atoms. The number of nitrogens with one attached hydrogen (secondary N) is 2. The van der Waals surface area contributed by atoms with Crippen LogP contribution in [0.4, 0.5) is 5.95 Å². The molecule has 8 nitrogen and oxygen atoms in total. The fourth-order valence-corrected chi connectivity index (χ4v) is 3.64. The highest BCUT2D eigenvalue weighted by atomic mass is 16.5. The molecule has 1 aromatic carbocycles. The summed E-state index contributed by atoms with van der Waals surface area (Å²) in [5, 5.41) is 26.4. The number of carbonyl (C=O) groups excluding carboxylic acids is 1. The van der Waals surface area contributed by atoms with E-state index < -0.39 is 12.1 Å². The molecule has 2 atom stereocenters. The van der Waals surface area contributed by atoms with Gasteiger partial charge in [0.2, 0.25) is 5.95 Å². The summed E-state index contributed by atoms with van der Waals surface area (Å²) in [7, 11) is 0. The van der Waals surface area contributed by atoms with Gasteiger partial charge in [0.15, 0.2) is 0 Å². The molecule has 0 spiro atoms. The molecule has 2 aliphatic rings. The first kappa shape index (κ1) is 18.1. The van der Waals surface area contributed by atoms with E-state index in [1.54, 1.807) is 18.3 Å². The average Bonchev–Trinajstić information content (AvgIpc) is 3.07. The zero-order chi connectivity index (χ0) is 18.8. The summed E-state index contributed by atoms with van der Waals surface area (Å²) in [5.74, 6) is 0.189. The van der Waals surface area contributed by atoms with Crippen molar-refractivity contribution in [3.8, 4) is 0 Å². The summed E-state index contributed by atoms with van der Waals surface area (Å²) in [6.07, 6.45) is 4.06. The second-order valence-corrected chi connectivity index (χ2v) is 7.27. The third-order valence-electron chi connectivity index (χ3n) is 5.25. The largest absolute Gasteiger partial charge is 0.393 e. The van der Waals surface area contributed by atoms with Crippen LogP contribution in [0.3, 0.4) is 0 Å². The van der Waals surface area contributed by atoms with Gasteiger partial charge in [-0.1, -0.05) is 12.1 Å². The molecular formula is C19H24N4O4. The van der Waals surface area contributed by atoms with Gasteiger partial charge in [-0.15, -0.1) is 0 Å². The van der Waals surface area contributed by atoms with Crippen LogP contribution in [0, 0.1) is 0 Å². The number of rotatable bonds is 4. The quantitative estimate of drug-likeness (QED) is 0.628. The van der Waals surface area contributed by atoms with Crippen molar-refractivity contribution in [2.24, 2.45) is 0 Å². The van der Waals surface area contributed by atoms with Crippen molar-refractivity contribution in [2.45, 2.75) is 50.0 Å². The molecule has 2 fully saturated rings. The summed E-state index contributed by atoms with van der Waals surface area (Å²) in [4.78, 5) is 21.6. The molecule has 0 unspecified atom stereocenters. The average molecular weight is 372 g/mol. The van der Waals surface area contributed by atoms with Crippen LogP contribution < -0.4 is 10.6 Å². The van der Waals surface area contributed by atoms with Gasteiger partial charge in [-0.05, 0) is 31.7 Å². The standard InChI is InChI=1S/C19H24N4O4/c24-13-6-4-12(5-7-13)21-19-20-8-11-2-1-3-14(17(11)23-19)18(26)22-15-9-27-10-16(15)25/h1-3,8,12-13,15-16,24-25H,4-7,9-10H2,(H,22,26)(H,20,21,23)/t12?,13?,15-,16-/m0/s1. The normalized spacial score (nSPS) is 28.2. The summed E-state index contributed by atoms with van der Waals surface area (Å²) in [6.45, 7) is 0.528. The molecule has 2 aromatic rings. The minimum absolute atomic E-state index is 0.217. The van der Waals surface area contributed by atoms with E-state index in [1.165, 1.54) is 0 Å². The lowest BCUT2D eigenvalue weighted by atomic mass is 9.93. The topological polar surface area (TPSA) is 117 Å². The maximum atomic E-state index is 12.7. The zero-order valence-corrected chi connectivity index (χ0v) is 15.0. The number of aliphatic hydroxyl groups excluding tert-OH is 2. The Bertz CT molecular complexity index is 822. The number of para-hydroxylation sites is 1. The highest BCUT2D eigenvalue weighted by molar-refractivity contribution is 6.05. The predicted octanol–water partition coefficient (Wildman–Crippen LogP) is 0.835. The highest BCUT2D eigenvalue weighted by Crippen LogP contribution is 2.23. The van der Waals surface area contributed by atoms with E-state index in [0.29, 0.717) is 23.6 Å². The molecular weight excluding hydrogens is 348 g/mol. The van der Waals surface area contributed by atoms with Crippen LogP contribution in [0.25, 0.3) is 10.9 Å². The molecule has 2 heterocycles. The van der Waals surface area contributed by atoms with Gasteiger partial charge in [-0.25, -0.2) is 9.97 Å². The number of aromatic nitrogens is 2. The number of fused-ring (bicyclic) bond motifs is 1. The zero-order valence-electron chi connectivity index (χ0n) is 15.0. The van der Waals surface area contributed by atoms with Gasteiger partial charge in [-0.3, -0.25) is 4.79 Å². The van der Waals surface area contributed by atoms with E-state index in [0.717, 1.165) is 31.1 Å². The molecule has 144 valence electrons. The van der Waals surface area contributed by atoms with Crippen molar-refractivity contribution in [3.05, 3.63) is 30.0 Å². The lowest BCUT2D eigenvalue weighted by Gasteiger charge is -2.26. The van der Waals surface area contributed by atoms with E-state index in [-0.39, 0.29) is 24.7 Å². The lowest BCUT2D eigenvalue weighted by molar-refractivity contribution is 0.0888. The van der Waals surface area contributed by atoms with Gasteiger partial charge in [0.05, 0.1) is 42.5 Å². The van der Waals surface area contributed by atoms with Crippen molar-refractivity contribution in [2.75, 3.05) is 18.5 Å². The first-order chi connectivity index (χ1) is 13.1. The van der Waals surface area contributed by atoms with Crippen LogP contribution in [0.15, 0.2) is 24.4 Å². The van der Waals surface area contributed by atoms with E-state index >= 15 is 0 Å². The molecule has 1 saturated carbocycles. The Balaban J connectivity index is 1.54. The van der Waals surface area contributed by atoms with Gasteiger partial charge in [0, 0.05) is 17.6 Å². The Morgan fingerprint density at radius 2 is 1.96 bits per heavy atom. The number of benzene rings is 1. The van der Waals surface area contributed by atoms with Crippen LogP contribution in [0.1, 0.15) is 36.0 Å². The van der Waals surface area contributed by atoms with Gasteiger partial charge >= 0.3 is 0 Å². The summed E-state index contributed by atoms with van der Waals surface area (Å²) < 4.78 is 5.19. The van der Waals surface area contributed by atoms with Crippen molar-refractivity contribution in [3.63, 3.8) is 0 Å². The maximum absolute atomic E-state index is 12.7. The van der Waals surface area contributed by atoms with Crippen molar-refractivity contribution in [1.82, 2.24) is 15.3 Å². The van der Waals surface area contributed by atoms with Crippen LogP contribution in [-0.2, 0) is 4.74 Å². The highest BCUT2D eigenvalue weighted by Gasteiger charge is 2.28. The number of hydrogen-bond acceptors (Lipinski definition) is 7. The molecule has 1 aliphatic heterocycles. The minimum atomic E-state index is -0.697. The maximum Gasteiger partial charge on any atom is 0.253 e. The third kappa shape index (κ3) is 4.02. The first-order valence-corrected chi connectivity index (χ1v) is 9.37. The number of hydrogen-bond donors (Lipinski definition) is 4. The molecule has 1 aromatic heterocycles. The van der Waals surface area contributed by atoms with Crippen LogP contribution in [0.5, 0.6) is 0 Å². The minimum Gasteiger partial charge on any atom is -0.393 e. The van der Waals surface area contributed by atoms with E-state index in [2.05, 4.69) is 20.6 Å². The van der Waals surface area contributed by atoms with Gasteiger partial charge in [0.25, 0.3) is 5.91 Å². The van der Waals surface area contributed by atoms with Crippen molar-refractivity contribution < 1.29 is 19.7 Å². The number of ether oxygens (including phenoxy) is 1. The number of nitrogens with zero attached hydrogens (tertiary/aromatic N) is 2. The van der Waals surface area contributed by atoms with E-state index in [4.69, 9.17) is 4.74 Å². The SMILES string of the molecule is O=C(N[C@H]1COC[C@@H]1O)c1cccc2cnc(NC3CCC(O)CC3)nc12.